The summed E-state index contributed by atoms with van der Waals surface area (Å²) >= 11 is 0. The van der Waals surface area contributed by atoms with E-state index in [0.717, 1.165) is 5.69 Å². The maximum Gasteiger partial charge on any atom is 0.317 e. The van der Waals surface area contributed by atoms with E-state index in [1.54, 1.807) is 13.2 Å². The fraction of sp³-hybridized carbons (Fsp3) is 0.533. The Hall–Kier alpha value is -2.11. The molecule has 0 spiro atoms. The molecule has 0 aliphatic carbocycles. The largest absolute Gasteiger partial charge is 0.481 e. The van der Waals surface area contributed by atoms with Crippen LogP contribution in [-0.4, -0.2) is 40.6 Å². The van der Waals surface area contributed by atoms with Crippen LogP contribution >= 0.6 is 0 Å². The summed E-state index contributed by atoms with van der Waals surface area (Å²) < 4.78 is 0. The van der Waals surface area contributed by atoms with Crippen LogP contribution < -0.4 is 5.32 Å². The lowest BCUT2D eigenvalue weighted by atomic mass is 9.97. The van der Waals surface area contributed by atoms with Gasteiger partial charge < -0.3 is 15.3 Å². The normalized spacial score (nSPS) is 12.0. The number of carboxylic acids is 1. The Bertz CT molecular complexity index is 462. The van der Waals surface area contributed by atoms with Gasteiger partial charge in [-0.1, -0.05) is 19.9 Å². The predicted molar refractivity (Wildman–Crippen MR) is 79.7 cm³/mol. The van der Waals surface area contributed by atoms with Crippen LogP contribution in [0.25, 0.3) is 0 Å². The molecule has 0 radical (unpaired) electrons. The summed E-state index contributed by atoms with van der Waals surface area (Å²) in [5.41, 5.74) is 0.784. The van der Waals surface area contributed by atoms with Crippen molar-refractivity contribution < 1.29 is 14.7 Å². The van der Waals surface area contributed by atoms with Crippen molar-refractivity contribution in [1.82, 2.24) is 15.2 Å². The third kappa shape index (κ3) is 6.25. The molecule has 6 heteroatoms. The van der Waals surface area contributed by atoms with Crippen molar-refractivity contribution in [3.63, 3.8) is 0 Å². The van der Waals surface area contributed by atoms with Gasteiger partial charge in [-0.3, -0.25) is 9.78 Å². The summed E-state index contributed by atoms with van der Waals surface area (Å²) in [6.07, 6.45) is 2.21. The Kier molecular flexibility index (Phi) is 6.65. The van der Waals surface area contributed by atoms with Crippen LogP contribution in [0.3, 0.4) is 0 Å². The highest BCUT2D eigenvalue weighted by Crippen LogP contribution is 2.11. The number of hydrogen-bond donors (Lipinski definition) is 2. The molecule has 6 nitrogen and oxygen atoms in total. The van der Waals surface area contributed by atoms with E-state index in [1.807, 2.05) is 32.0 Å². The molecule has 1 aromatic heterocycles. The van der Waals surface area contributed by atoms with Crippen LogP contribution in [0.4, 0.5) is 4.79 Å². The van der Waals surface area contributed by atoms with Crippen molar-refractivity contribution in [3.8, 4) is 0 Å². The quantitative estimate of drug-likeness (QED) is 0.805. The van der Waals surface area contributed by atoms with Gasteiger partial charge in [0.15, 0.2) is 0 Å². The van der Waals surface area contributed by atoms with Gasteiger partial charge in [0.1, 0.15) is 0 Å². The molecular weight excluding hydrogens is 270 g/mol. The molecule has 0 aliphatic rings. The standard InChI is InChI=1S/C15H23N3O3/c1-11(2)8-12(14(19)20)9-17-15(21)18(3)10-13-6-4-5-7-16-13/h4-7,11-12H,8-10H2,1-3H3,(H,17,21)(H,19,20). The average molecular weight is 293 g/mol. The Morgan fingerprint density at radius 1 is 1.38 bits per heavy atom. The zero-order valence-corrected chi connectivity index (χ0v) is 12.7. The first-order valence-corrected chi connectivity index (χ1v) is 7.01. The van der Waals surface area contributed by atoms with Gasteiger partial charge in [0.05, 0.1) is 18.2 Å². The topological polar surface area (TPSA) is 82.5 Å². The van der Waals surface area contributed by atoms with Gasteiger partial charge in [-0.2, -0.15) is 0 Å². The molecule has 1 rings (SSSR count). The Morgan fingerprint density at radius 3 is 2.62 bits per heavy atom. The van der Waals surface area contributed by atoms with Gasteiger partial charge in [-0.05, 0) is 24.5 Å². The first-order valence-electron chi connectivity index (χ1n) is 7.01. The summed E-state index contributed by atoms with van der Waals surface area (Å²) in [5.74, 6) is -1.16. The van der Waals surface area contributed by atoms with Crippen LogP contribution in [0.2, 0.25) is 0 Å². The molecule has 1 unspecified atom stereocenters. The van der Waals surface area contributed by atoms with Crippen LogP contribution in [0, 0.1) is 11.8 Å². The molecule has 1 atom stereocenters. The number of nitrogens with one attached hydrogen (secondary N) is 1. The Labute approximate surface area is 125 Å². The van der Waals surface area contributed by atoms with Gasteiger partial charge in [-0.25, -0.2) is 4.79 Å². The lowest BCUT2D eigenvalue weighted by Gasteiger charge is -2.20. The number of hydrogen-bond acceptors (Lipinski definition) is 3. The van der Waals surface area contributed by atoms with Crippen LogP contribution in [-0.2, 0) is 11.3 Å². The number of carbonyl (C=O) groups is 2. The van der Waals surface area contributed by atoms with Crippen molar-refractivity contribution in [2.24, 2.45) is 11.8 Å². The molecule has 0 saturated carbocycles. The number of aliphatic carboxylic acids is 1. The van der Waals surface area contributed by atoms with Crippen LogP contribution in [0.5, 0.6) is 0 Å². The van der Waals surface area contributed by atoms with Crippen molar-refractivity contribution in [1.29, 1.82) is 0 Å². The molecule has 0 saturated heterocycles. The van der Waals surface area contributed by atoms with E-state index in [-0.39, 0.29) is 18.5 Å². The lowest BCUT2D eigenvalue weighted by Crippen LogP contribution is -2.41. The molecule has 2 amide bonds. The van der Waals surface area contributed by atoms with Gasteiger partial charge in [0.25, 0.3) is 0 Å². The van der Waals surface area contributed by atoms with Crippen LogP contribution in [0.1, 0.15) is 26.0 Å². The van der Waals surface area contributed by atoms with E-state index >= 15 is 0 Å². The van der Waals surface area contributed by atoms with E-state index in [2.05, 4.69) is 10.3 Å². The molecule has 1 aromatic rings. The summed E-state index contributed by atoms with van der Waals surface area (Å²) in [7, 11) is 1.65. The van der Waals surface area contributed by atoms with E-state index in [4.69, 9.17) is 5.11 Å². The minimum atomic E-state index is -0.878. The van der Waals surface area contributed by atoms with Gasteiger partial charge in [0, 0.05) is 19.8 Å². The number of pyridine rings is 1. The molecule has 0 aliphatic heterocycles. The number of aromatic nitrogens is 1. The fourth-order valence-corrected chi connectivity index (χ4v) is 1.99. The molecule has 0 fully saturated rings. The number of carboxylic acid groups (broad SMARTS) is 1. The van der Waals surface area contributed by atoms with E-state index in [1.165, 1.54) is 4.90 Å². The first kappa shape index (κ1) is 16.9. The third-order valence-corrected chi connectivity index (χ3v) is 3.08. The minimum Gasteiger partial charge on any atom is -0.481 e. The smallest absolute Gasteiger partial charge is 0.317 e. The molecule has 1 heterocycles. The maximum atomic E-state index is 12.0. The number of amides is 2. The van der Waals surface area contributed by atoms with Gasteiger partial charge >= 0.3 is 12.0 Å². The number of carbonyl (C=O) groups excluding carboxylic acids is 1. The van der Waals surface area contributed by atoms with Crippen molar-refractivity contribution in [2.75, 3.05) is 13.6 Å². The SMILES string of the molecule is CC(C)CC(CNC(=O)N(C)Cc1ccccn1)C(=O)O. The highest BCUT2D eigenvalue weighted by atomic mass is 16.4. The summed E-state index contributed by atoms with van der Waals surface area (Å²) in [4.78, 5) is 28.7. The minimum absolute atomic E-state index is 0.138. The van der Waals surface area contributed by atoms with Crippen molar-refractivity contribution in [3.05, 3.63) is 30.1 Å². The third-order valence-electron chi connectivity index (χ3n) is 3.08. The van der Waals surface area contributed by atoms with E-state index < -0.39 is 11.9 Å². The van der Waals surface area contributed by atoms with E-state index in [0.29, 0.717) is 13.0 Å². The van der Waals surface area contributed by atoms with Crippen molar-refractivity contribution in [2.45, 2.75) is 26.8 Å². The fourth-order valence-electron chi connectivity index (χ4n) is 1.99. The van der Waals surface area contributed by atoms with E-state index in [9.17, 15) is 9.59 Å². The summed E-state index contributed by atoms with van der Waals surface area (Å²) in [5, 5.41) is 11.8. The molecule has 21 heavy (non-hydrogen) atoms. The number of rotatable bonds is 7. The monoisotopic (exact) mass is 293 g/mol. The zero-order chi connectivity index (χ0) is 15.8. The second-order valence-electron chi connectivity index (χ2n) is 5.53. The Balaban J connectivity index is 2.46. The van der Waals surface area contributed by atoms with Crippen LogP contribution in [0.15, 0.2) is 24.4 Å². The molecule has 0 bridgehead atoms. The molecule has 0 aromatic carbocycles. The second kappa shape index (κ2) is 8.24. The number of nitrogens with zero attached hydrogens (tertiary/aromatic N) is 2. The molecular formula is C15H23N3O3. The van der Waals surface area contributed by atoms with Gasteiger partial charge in [0.2, 0.25) is 0 Å². The summed E-state index contributed by atoms with van der Waals surface area (Å²) in [6.45, 7) is 4.45. The second-order valence-corrected chi connectivity index (χ2v) is 5.53. The maximum absolute atomic E-state index is 12.0. The van der Waals surface area contributed by atoms with Gasteiger partial charge in [-0.15, -0.1) is 0 Å². The lowest BCUT2D eigenvalue weighted by molar-refractivity contribution is -0.142. The number of urea groups is 1. The Morgan fingerprint density at radius 2 is 2.10 bits per heavy atom. The summed E-state index contributed by atoms with van der Waals surface area (Å²) in [6, 6.07) is 5.21. The highest BCUT2D eigenvalue weighted by molar-refractivity contribution is 5.75. The van der Waals surface area contributed by atoms with Crippen molar-refractivity contribution >= 4 is 12.0 Å². The first-order chi connectivity index (χ1) is 9.90. The predicted octanol–water partition coefficient (Wildman–Crippen LogP) is 1.97. The zero-order valence-electron chi connectivity index (χ0n) is 12.7. The molecule has 116 valence electrons. The molecule has 2 N–H and O–H groups in total. The highest BCUT2D eigenvalue weighted by Gasteiger charge is 2.20. The average Bonchev–Trinajstić information content (AvgIpc) is 2.43.